The Morgan fingerprint density at radius 1 is 1.25 bits per heavy atom. The van der Waals surface area contributed by atoms with E-state index in [1.165, 1.54) is 19.4 Å². The van der Waals surface area contributed by atoms with Gasteiger partial charge in [0.25, 0.3) is 0 Å². The molecule has 0 aliphatic carbocycles. The second-order valence-corrected chi connectivity index (χ2v) is 7.29. The molecule has 118 valence electrons. The first kappa shape index (κ1) is 17.4. The maximum absolute atomic E-state index is 12.4. The molecular formula is C16H33N3O. The third kappa shape index (κ3) is 4.45. The van der Waals surface area contributed by atoms with Gasteiger partial charge in [0, 0.05) is 24.7 Å². The Hall–Kier alpha value is -0.610. The highest BCUT2D eigenvalue weighted by molar-refractivity contribution is 5.83. The number of nitrogens with two attached hydrogens (primary N) is 1. The predicted octanol–water partition coefficient (Wildman–Crippen LogP) is 2.13. The molecule has 0 unspecified atom stereocenters. The van der Waals surface area contributed by atoms with Gasteiger partial charge < -0.3 is 16.0 Å². The minimum atomic E-state index is -0.549. The highest BCUT2D eigenvalue weighted by Crippen LogP contribution is 2.29. The molecule has 0 saturated carbocycles. The number of nitrogens with one attached hydrogen (secondary N) is 1. The number of carbonyl (C=O) groups excluding carboxylic acids is 1. The van der Waals surface area contributed by atoms with Crippen LogP contribution in [0.2, 0.25) is 0 Å². The zero-order valence-electron chi connectivity index (χ0n) is 14.0. The van der Waals surface area contributed by atoms with Crippen LogP contribution >= 0.6 is 0 Å². The first-order chi connectivity index (χ1) is 9.18. The molecule has 1 aliphatic heterocycles. The summed E-state index contributed by atoms with van der Waals surface area (Å²) in [5, 5.41) is 3.20. The van der Waals surface area contributed by atoms with E-state index in [4.69, 9.17) is 5.73 Å². The summed E-state index contributed by atoms with van der Waals surface area (Å²) in [4.78, 5) is 14.9. The average molecular weight is 283 g/mol. The van der Waals surface area contributed by atoms with Gasteiger partial charge in [-0.3, -0.25) is 4.79 Å². The van der Waals surface area contributed by atoms with Gasteiger partial charge in [-0.2, -0.15) is 0 Å². The number of hydrogen-bond acceptors (Lipinski definition) is 3. The molecule has 0 aromatic heterocycles. The summed E-state index contributed by atoms with van der Waals surface area (Å²) in [7, 11) is 0. The summed E-state index contributed by atoms with van der Waals surface area (Å²) < 4.78 is 0. The predicted molar refractivity (Wildman–Crippen MR) is 84.6 cm³/mol. The molecule has 0 spiro atoms. The number of nitrogens with zero attached hydrogens (tertiary/aromatic N) is 1. The smallest absolute Gasteiger partial charge is 0.227 e. The van der Waals surface area contributed by atoms with Crippen molar-refractivity contribution in [1.82, 2.24) is 10.2 Å². The van der Waals surface area contributed by atoms with Crippen molar-refractivity contribution in [3.63, 3.8) is 0 Å². The normalized spacial score (nSPS) is 19.1. The first-order valence-corrected chi connectivity index (χ1v) is 8.00. The minimum absolute atomic E-state index is 0.0806. The zero-order valence-corrected chi connectivity index (χ0v) is 14.0. The van der Waals surface area contributed by atoms with Crippen molar-refractivity contribution in [2.24, 2.45) is 11.1 Å². The molecule has 20 heavy (non-hydrogen) atoms. The fraction of sp³-hybridized carbons (Fsp3) is 0.938. The van der Waals surface area contributed by atoms with Crippen molar-refractivity contribution in [3.8, 4) is 0 Å². The number of carbonyl (C=O) groups is 1. The van der Waals surface area contributed by atoms with Crippen LogP contribution < -0.4 is 11.1 Å². The highest BCUT2D eigenvalue weighted by atomic mass is 16.2. The Morgan fingerprint density at radius 3 is 2.25 bits per heavy atom. The molecule has 1 heterocycles. The number of unbranched alkanes of at least 4 members (excludes halogenated alkanes) is 1. The van der Waals surface area contributed by atoms with E-state index in [0.717, 1.165) is 25.9 Å². The SMILES string of the molecule is CCCCN1CCC(NC(=O)C(C)(C)C(C)(C)N)CC1. The summed E-state index contributed by atoms with van der Waals surface area (Å²) >= 11 is 0. The molecule has 1 amide bonds. The molecule has 4 nitrogen and oxygen atoms in total. The van der Waals surface area contributed by atoms with E-state index in [0.29, 0.717) is 6.04 Å². The monoisotopic (exact) mass is 283 g/mol. The van der Waals surface area contributed by atoms with Gasteiger partial charge in [0.2, 0.25) is 5.91 Å². The zero-order chi connectivity index (χ0) is 15.4. The molecule has 0 aromatic carbocycles. The largest absolute Gasteiger partial charge is 0.353 e. The quantitative estimate of drug-likeness (QED) is 0.785. The Labute approximate surface area is 124 Å². The topological polar surface area (TPSA) is 58.4 Å². The van der Waals surface area contributed by atoms with Crippen molar-refractivity contribution in [1.29, 1.82) is 0 Å². The van der Waals surface area contributed by atoms with Crippen LogP contribution in [0.1, 0.15) is 60.3 Å². The summed E-state index contributed by atoms with van der Waals surface area (Å²) in [6.45, 7) is 13.3. The van der Waals surface area contributed by atoms with Crippen LogP contribution in [0.25, 0.3) is 0 Å². The average Bonchev–Trinajstić information content (AvgIpc) is 2.36. The van der Waals surface area contributed by atoms with Crippen molar-refractivity contribution < 1.29 is 4.79 Å². The van der Waals surface area contributed by atoms with Crippen LogP contribution in [0.5, 0.6) is 0 Å². The Balaban J connectivity index is 2.42. The lowest BCUT2D eigenvalue weighted by Crippen LogP contribution is -2.58. The second kappa shape index (κ2) is 6.90. The van der Waals surface area contributed by atoms with E-state index in [2.05, 4.69) is 17.1 Å². The van der Waals surface area contributed by atoms with Crippen molar-refractivity contribution in [2.45, 2.75) is 71.9 Å². The van der Waals surface area contributed by atoms with Crippen LogP contribution in [-0.2, 0) is 4.79 Å². The van der Waals surface area contributed by atoms with Gasteiger partial charge in [-0.15, -0.1) is 0 Å². The van der Waals surface area contributed by atoms with E-state index in [1.54, 1.807) is 0 Å². The lowest BCUT2D eigenvalue weighted by Gasteiger charge is -2.39. The van der Waals surface area contributed by atoms with E-state index < -0.39 is 11.0 Å². The van der Waals surface area contributed by atoms with Crippen LogP contribution in [0, 0.1) is 5.41 Å². The standard InChI is InChI=1S/C16H33N3O/c1-6-7-10-19-11-8-13(9-12-19)18-14(20)15(2,3)16(4,5)17/h13H,6-12,17H2,1-5H3,(H,18,20). The van der Waals surface area contributed by atoms with Gasteiger partial charge >= 0.3 is 0 Å². The van der Waals surface area contributed by atoms with Crippen molar-refractivity contribution >= 4 is 5.91 Å². The Bertz CT molecular complexity index is 312. The molecule has 1 aliphatic rings. The number of likely N-dealkylation sites (tertiary alicyclic amines) is 1. The number of rotatable bonds is 6. The Morgan fingerprint density at radius 2 is 1.80 bits per heavy atom. The molecule has 1 fully saturated rings. The minimum Gasteiger partial charge on any atom is -0.353 e. The molecule has 0 atom stereocenters. The molecule has 1 rings (SSSR count). The van der Waals surface area contributed by atoms with Crippen LogP contribution in [0.4, 0.5) is 0 Å². The van der Waals surface area contributed by atoms with Crippen LogP contribution in [0.3, 0.4) is 0 Å². The third-order valence-electron chi connectivity index (χ3n) is 4.93. The lowest BCUT2D eigenvalue weighted by molar-refractivity contribution is -0.133. The van der Waals surface area contributed by atoms with Gasteiger partial charge in [0.05, 0.1) is 5.41 Å². The number of amides is 1. The van der Waals surface area contributed by atoms with Crippen molar-refractivity contribution in [2.75, 3.05) is 19.6 Å². The third-order valence-corrected chi connectivity index (χ3v) is 4.93. The highest BCUT2D eigenvalue weighted by Gasteiger charge is 2.41. The first-order valence-electron chi connectivity index (χ1n) is 8.00. The molecule has 0 bridgehead atoms. The number of hydrogen-bond donors (Lipinski definition) is 2. The second-order valence-electron chi connectivity index (χ2n) is 7.29. The summed E-state index contributed by atoms with van der Waals surface area (Å²) in [6, 6.07) is 0.307. The molecule has 3 N–H and O–H groups in total. The molecule has 0 aromatic rings. The van der Waals surface area contributed by atoms with E-state index in [1.807, 2.05) is 27.7 Å². The fourth-order valence-electron chi connectivity index (χ4n) is 2.34. The van der Waals surface area contributed by atoms with Crippen LogP contribution in [0.15, 0.2) is 0 Å². The van der Waals surface area contributed by atoms with Gasteiger partial charge in [-0.1, -0.05) is 13.3 Å². The van der Waals surface area contributed by atoms with Gasteiger partial charge in [0.1, 0.15) is 0 Å². The molecule has 1 saturated heterocycles. The maximum atomic E-state index is 12.4. The summed E-state index contributed by atoms with van der Waals surface area (Å²) in [6.07, 6.45) is 4.62. The lowest BCUT2D eigenvalue weighted by atomic mass is 9.74. The van der Waals surface area contributed by atoms with Crippen LogP contribution in [-0.4, -0.2) is 42.0 Å². The Kier molecular flexibility index (Phi) is 6.02. The van der Waals surface area contributed by atoms with E-state index in [-0.39, 0.29) is 5.91 Å². The fourth-order valence-corrected chi connectivity index (χ4v) is 2.34. The maximum Gasteiger partial charge on any atom is 0.227 e. The number of piperidine rings is 1. The summed E-state index contributed by atoms with van der Waals surface area (Å²) in [5.41, 5.74) is 5.06. The van der Waals surface area contributed by atoms with Gasteiger partial charge in [-0.05, 0) is 53.5 Å². The van der Waals surface area contributed by atoms with Crippen molar-refractivity contribution in [3.05, 3.63) is 0 Å². The van der Waals surface area contributed by atoms with Gasteiger partial charge in [-0.25, -0.2) is 0 Å². The molecular weight excluding hydrogens is 250 g/mol. The van der Waals surface area contributed by atoms with Gasteiger partial charge in [0.15, 0.2) is 0 Å². The van der Waals surface area contributed by atoms with E-state index >= 15 is 0 Å². The molecule has 4 heteroatoms. The summed E-state index contributed by atoms with van der Waals surface area (Å²) in [5.74, 6) is 0.0806. The molecule has 0 radical (unpaired) electrons. The van der Waals surface area contributed by atoms with E-state index in [9.17, 15) is 4.79 Å².